The number of nitrogens with zero attached hydrogens (tertiary/aromatic N) is 4. The molecule has 1 aliphatic rings. The Morgan fingerprint density at radius 2 is 2.00 bits per heavy atom. The van der Waals surface area contributed by atoms with Crippen LogP contribution in [0.15, 0.2) is 23.3 Å². The number of halogens is 4. The van der Waals surface area contributed by atoms with Gasteiger partial charge in [0.1, 0.15) is 6.04 Å². The minimum Gasteiger partial charge on any atom is -0.477 e. The Morgan fingerprint density at radius 1 is 1.32 bits per heavy atom. The molecule has 1 saturated heterocycles. The van der Waals surface area contributed by atoms with Gasteiger partial charge in [0.2, 0.25) is 5.88 Å². The SMILES string of the molecule is CCCOc1ncccc1CNC(=NC)N1CCN(C(C)C(F)(F)F)CC1.I. The van der Waals surface area contributed by atoms with Gasteiger partial charge in [-0.1, -0.05) is 13.0 Å². The van der Waals surface area contributed by atoms with Crippen molar-refractivity contribution < 1.29 is 17.9 Å². The molecule has 6 nitrogen and oxygen atoms in total. The third-order valence-corrected chi connectivity index (χ3v) is 4.58. The number of nitrogens with one attached hydrogen (secondary N) is 1. The average molecular weight is 515 g/mol. The highest BCUT2D eigenvalue weighted by Gasteiger charge is 2.41. The molecule has 1 unspecified atom stereocenters. The predicted molar refractivity (Wildman–Crippen MR) is 114 cm³/mol. The zero-order chi connectivity index (χ0) is 19.9. The van der Waals surface area contributed by atoms with Gasteiger partial charge in [-0.2, -0.15) is 13.2 Å². The molecule has 2 rings (SSSR count). The fourth-order valence-electron chi connectivity index (χ4n) is 2.92. The van der Waals surface area contributed by atoms with Crippen LogP contribution in [0.1, 0.15) is 25.8 Å². The van der Waals surface area contributed by atoms with Crippen LogP contribution in [0.25, 0.3) is 0 Å². The van der Waals surface area contributed by atoms with Crippen LogP contribution >= 0.6 is 24.0 Å². The molecule has 0 aromatic carbocycles. The number of ether oxygens (including phenoxy) is 1. The summed E-state index contributed by atoms with van der Waals surface area (Å²) < 4.78 is 44.3. The van der Waals surface area contributed by atoms with Gasteiger partial charge < -0.3 is 15.0 Å². The van der Waals surface area contributed by atoms with E-state index in [0.29, 0.717) is 51.2 Å². The van der Waals surface area contributed by atoms with Crippen LogP contribution < -0.4 is 10.1 Å². The molecule has 0 amide bonds. The van der Waals surface area contributed by atoms with Crippen molar-refractivity contribution in [3.63, 3.8) is 0 Å². The van der Waals surface area contributed by atoms with Crippen molar-refractivity contribution in [2.75, 3.05) is 39.8 Å². The Morgan fingerprint density at radius 3 is 2.57 bits per heavy atom. The van der Waals surface area contributed by atoms with E-state index in [4.69, 9.17) is 4.74 Å². The van der Waals surface area contributed by atoms with Crippen molar-refractivity contribution in [2.24, 2.45) is 4.99 Å². The van der Waals surface area contributed by atoms with Crippen molar-refractivity contribution in [3.05, 3.63) is 23.9 Å². The minimum atomic E-state index is -4.20. The van der Waals surface area contributed by atoms with Gasteiger partial charge in [0.05, 0.1) is 6.61 Å². The molecule has 0 bridgehead atoms. The normalized spacial score (nSPS) is 17.1. The van der Waals surface area contributed by atoms with Gasteiger partial charge >= 0.3 is 6.18 Å². The molecule has 2 heterocycles. The van der Waals surface area contributed by atoms with E-state index in [9.17, 15) is 13.2 Å². The number of aromatic nitrogens is 1. The Hall–Kier alpha value is -1.30. The van der Waals surface area contributed by atoms with Crippen LogP contribution in [0.2, 0.25) is 0 Å². The zero-order valence-corrected chi connectivity index (χ0v) is 18.8. The molecule has 0 aliphatic carbocycles. The topological polar surface area (TPSA) is 53.0 Å². The lowest BCUT2D eigenvalue weighted by Gasteiger charge is -2.39. The lowest BCUT2D eigenvalue weighted by molar-refractivity contribution is -0.181. The van der Waals surface area contributed by atoms with Crippen molar-refractivity contribution in [1.82, 2.24) is 20.1 Å². The van der Waals surface area contributed by atoms with Crippen LogP contribution in [0, 0.1) is 0 Å². The summed E-state index contributed by atoms with van der Waals surface area (Å²) >= 11 is 0. The first-order valence-corrected chi connectivity index (χ1v) is 9.19. The first kappa shape index (κ1) is 24.7. The summed E-state index contributed by atoms with van der Waals surface area (Å²) in [4.78, 5) is 12.0. The van der Waals surface area contributed by atoms with Crippen molar-refractivity contribution in [3.8, 4) is 5.88 Å². The number of aliphatic imine (C=N–C) groups is 1. The first-order valence-electron chi connectivity index (χ1n) is 9.19. The molecule has 1 aliphatic heterocycles. The summed E-state index contributed by atoms with van der Waals surface area (Å²) in [6, 6.07) is 2.35. The van der Waals surface area contributed by atoms with Gasteiger partial charge in [0.25, 0.3) is 0 Å². The monoisotopic (exact) mass is 515 g/mol. The zero-order valence-electron chi connectivity index (χ0n) is 16.5. The van der Waals surface area contributed by atoms with E-state index in [2.05, 4.69) is 15.3 Å². The summed E-state index contributed by atoms with van der Waals surface area (Å²) in [6.45, 7) is 6.00. The van der Waals surface area contributed by atoms with E-state index >= 15 is 0 Å². The quantitative estimate of drug-likeness (QED) is 0.359. The van der Waals surface area contributed by atoms with E-state index in [1.165, 1.54) is 11.8 Å². The second kappa shape index (κ2) is 11.6. The largest absolute Gasteiger partial charge is 0.477 e. The van der Waals surface area contributed by atoms with Gasteiger partial charge in [-0.05, 0) is 19.4 Å². The second-order valence-electron chi connectivity index (χ2n) is 6.46. The summed E-state index contributed by atoms with van der Waals surface area (Å²) in [5, 5.41) is 3.26. The molecule has 1 atom stereocenters. The molecular weight excluding hydrogens is 486 g/mol. The smallest absolute Gasteiger partial charge is 0.403 e. The summed E-state index contributed by atoms with van der Waals surface area (Å²) in [7, 11) is 1.67. The summed E-state index contributed by atoms with van der Waals surface area (Å²) in [5.74, 6) is 1.26. The van der Waals surface area contributed by atoms with Crippen LogP contribution in [-0.4, -0.2) is 72.8 Å². The third-order valence-electron chi connectivity index (χ3n) is 4.58. The average Bonchev–Trinajstić information content (AvgIpc) is 2.66. The molecule has 1 aromatic heterocycles. The van der Waals surface area contributed by atoms with Crippen molar-refractivity contribution >= 4 is 29.9 Å². The lowest BCUT2D eigenvalue weighted by atomic mass is 10.2. The summed E-state index contributed by atoms with van der Waals surface area (Å²) in [6.07, 6.45) is -1.62. The molecule has 10 heteroatoms. The Balaban J connectivity index is 0.00000392. The molecule has 0 spiro atoms. The molecular formula is C18H29F3IN5O. The lowest BCUT2D eigenvalue weighted by Crippen LogP contribution is -2.56. The number of guanidine groups is 1. The molecule has 0 saturated carbocycles. The number of piperazine rings is 1. The maximum Gasteiger partial charge on any atom is 0.403 e. The number of rotatable bonds is 6. The fourth-order valence-corrected chi connectivity index (χ4v) is 2.92. The predicted octanol–water partition coefficient (Wildman–Crippen LogP) is 3.13. The number of hydrogen-bond acceptors (Lipinski definition) is 4. The Labute approximate surface area is 181 Å². The van der Waals surface area contributed by atoms with Crippen LogP contribution in [0.5, 0.6) is 5.88 Å². The van der Waals surface area contributed by atoms with Crippen molar-refractivity contribution in [1.29, 1.82) is 0 Å². The van der Waals surface area contributed by atoms with E-state index in [1.54, 1.807) is 13.2 Å². The van der Waals surface area contributed by atoms with Crippen LogP contribution in [0.4, 0.5) is 13.2 Å². The fraction of sp³-hybridized carbons (Fsp3) is 0.667. The maximum absolute atomic E-state index is 12.9. The van der Waals surface area contributed by atoms with E-state index in [0.717, 1.165) is 12.0 Å². The highest BCUT2D eigenvalue weighted by atomic mass is 127. The van der Waals surface area contributed by atoms with Gasteiger partial charge in [-0.25, -0.2) is 4.98 Å². The maximum atomic E-state index is 12.9. The minimum absolute atomic E-state index is 0. The number of hydrogen-bond donors (Lipinski definition) is 1. The number of alkyl halides is 3. The Kier molecular flexibility index (Phi) is 10.3. The Bertz CT molecular complexity index is 621. The molecule has 0 radical (unpaired) electrons. The highest BCUT2D eigenvalue weighted by molar-refractivity contribution is 14.0. The molecule has 1 fully saturated rings. The van der Waals surface area contributed by atoms with Gasteiger partial charge in [0, 0.05) is 51.5 Å². The van der Waals surface area contributed by atoms with Crippen LogP contribution in [0.3, 0.4) is 0 Å². The molecule has 1 N–H and O–H groups in total. The van der Waals surface area contributed by atoms with E-state index in [-0.39, 0.29) is 24.0 Å². The molecule has 28 heavy (non-hydrogen) atoms. The standard InChI is InChI=1S/C18H28F3N5O.HI/c1-4-12-27-16-15(6-5-7-23-16)13-24-17(22-3)26-10-8-25(9-11-26)14(2)18(19,20)21;/h5-7,14H,4,8-13H2,1-3H3,(H,22,24);1H. The van der Waals surface area contributed by atoms with Gasteiger partial charge in [-0.15, -0.1) is 24.0 Å². The van der Waals surface area contributed by atoms with Gasteiger partial charge in [0.15, 0.2) is 5.96 Å². The first-order chi connectivity index (χ1) is 12.9. The third kappa shape index (κ3) is 6.94. The summed E-state index contributed by atoms with van der Waals surface area (Å²) in [5.41, 5.74) is 0.913. The molecule has 1 aromatic rings. The van der Waals surface area contributed by atoms with Crippen molar-refractivity contribution in [2.45, 2.75) is 39.0 Å². The second-order valence-corrected chi connectivity index (χ2v) is 6.46. The highest BCUT2D eigenvalue weighted by Crippen LogP contribution is 2.25. The molecule has 160 valence electrons. The van der Waals surface area contributed by atoms with E-state index in [1.807, 2.05) is 24.0 Å². The number of pyridine rings is 1. The van der Waals surface area contributed by atoms with Crippen LogP contribution in [-0.2, 0) is 6.54 Å². The van der Waals surface area contributed by atoms with E-state index < -0.39 is 12.2 Å². The van der Waals surface area contributed by atoms with Gasteiger partial charge in [-0.3, -0.25) is 9.89 Å².